The second-order valence-electron chi connectivity index (χ2n) is 7.63. The van der Waals surface area contributed by atoms with Crippen LogP contribution in [0, 0.1) is 20.2 Å². The number of hydrogen-bond acceptors (Lipinski definition) is 11. The second-order valence-corrected chi connectivity index (χ2v) is 10.5. The molecular weight excluding hydrogens is 564 g/mol. The maximum absolute atomic E-state index is 11.8. The SMILES string of the molecule is COc1cc([N+](=O)[O-])ccc1-[n+]1nc(-c2cc(S(=O)(=O)O)cc(S(=O)(=O)O)c2)nn1-c1ccc([N+](=O)[O-])cc1. The van der Waals surface area contributed by atoms with Crippen molar-refractivity contribution in [2.75, 3.05) is 7.11 Å². The summed E-state index contributed by atoms with van der Waals surface area (Å²) in [6, 6.07) is 10.6. The molecule has 202 valence electrons. The molecule has 0 amide bonds. The Balaban J connectivity index is 2.02. The smallest absolute Gasteiger partial charge is 0.340 e. The van der Waals surface area contributed by atoms with Gasteiger partial charge in [-0.2, -0.15) is 16.8 Å². The van der Waals surface area contributed by atoms with Gasteiger partial charge in [0.1, 0.15) is 5.69 Å². The number of non-ortho nitro benzene ring substituents is 2. The Morgan fingerprint density at radius 3 is 1.87 bits per heavy atom. The normalized spacial score (nSPS) is 11.8. The summed E-state index contributed by atoms with van der Waals surface area (Å²) >= 11 is 0. The van der Waals surface area contributed by atoms with Crippen molar-refractivity contribution in [1.29, 1.82) is 0 Å². The lowest BCUT2D eigenvalue weighted by Crippen LogP contribution is -2.43. The first-order chi connectivity index (χ1) is 18.2. The van der Waals surface area contributed by atoms with Crippen molar-refractivity contribution in [3.05, 3.63) is 80.9 Å². The molecule has 0 atom stereocenters. The zero-order valence-corrected chi connectivity index (χ0v) is 21.0. The first-order valence-electron chi connectivity index (χ1n) is 10.3. The van der Waals surface area contributed by atoms with Crippen LogP contribution in [0.5, 0.6) is 5.75 Å². The van der Waals surface area contributed by atoms with Crippen LogP contribution >= 0.6 is 0 Å². The van der Waals surface area contributed by atoms with Crippen LogP contribution in [0.1, 0.15) is 0 Å². The largest absolute Gasteiger partial charge is 0.492 e. The van der Waals surface area contributed by atoms with E-state index in [9.17, 15) is 46.2 Å². The van der Waals surface area contributed by atoms with Gasteiger partial charge in [0.15, 0.2) is 5.75 Å². The highest BCUT2D eigenvalue weighted by Crippen LogP contribution is 2.27. The molecule has 1 aromatic heterocycles. The van der Waals surface area contributed by atoms with Crippen molar-refractivity contribution < 1.29 is 45.3 Å². The van der Waals surface area contributed by atoms with Gasteiger partial charge < -0.3 is 4.74 Å². The number of hydrogen-bond donors (Lipinski definition) is 2. The fourth-order valence-electron chi connectivity index (χ4n) is 3.37. The third-order valence-electron chi connectivity index (χ3n) is 5.17. The Bertz CT molecular complexity index is 1800. The monoisotopic (exact) mass is 579 g/mol. The summed E-state index contributed by atoms with van der Waals surface area (Å²) in [7, 11) is -8.68. The van der Waals surface area contributed by atoms with Crippen LogP contribution in [0.15, 0.2) is 70.5 Å². The maximum Gasteiger partial charge on any atom is 0.340 e. The summed E-state index contributed by atoms with van der Waals surface area (Å²) in [5.41, 5.74) is -0.622. The van der Waals surface area contributed by atoms with Crippen LogP contribution in [0.25, 0.3) is 22.8 Å². The number of aromatic nitrogens is 4. The minimum Gasteiger partial charge on any atom is -0.492 e. The van der Waals surface area contributed by atoms with Crippen LogP contribution in [-0.2, 0) is 20.2 Å². The molecule has 4 aromatic rings. The van der Waals surface area contributed by atoms with Crippen molar-refractivity contribution >= 4 is 31.6 Å². The second kappa shape index (κ2) is 9.79. The number of nitro groups is 2. The number of nitro benzene ring substituents is 2. The molecule has 1 heterocycles. The van der Waals surface area contributed by atoms with E-state index in [1.807, 2.05) is 0 Å². The highest BCUT2D eigenvalue weighted by molar-refractivity contribution is 7.86. The molecule has 0 bridgehead atoms. The van der Waals surface area contributed by atoms with E-state index in [-0.39, 0.29) is 39.9 Å². The van der Waals surface area contributed by atoms with Crippen LogP contribution in [0.4, 0.5) is 11.4 Å². The molecule has 0 radical (unpaired) electrons. The fourth-order valence-corrected chi connectivity index (χ4v) is 4.55. The van der Waals surface area contributed by atoms with Gasteiger partial charge in [-0.1, -0.05) is 0 Å². The van der Waals surface area contributed by atoms with Gasteiger partial charge in [0, 0.05) is 29.1 Å². The van der Waals surface area contributed by atoms with Crippen molar-refractivity contribution in [1.82, 2.24) is 15.0 Å². The molecular formula is C20H15N6O11S2+. The zero-order valence-electron chi connectivity index (χ0n) is 19.3. The molecule has 0 aliphatic heterocycles. The molecule has 19 heteroatoms. The molecule has 0 saturated carbocycles. The minimum absolute atomic E-state index is 0.0541. The third-order valence-corrected chi connectivity index (χ3v) is 6.84. The van der Waals surface area contributed by atoms with E-state index >= 15 is 0 Å². The summed E-state index contributed by atoms with van der Waals surface area (Å²) in [5.74, 6) is -0.397. The number of tetrazole rings is 1. The molecule has 17 nitrogen and oxygen atoms in total. The number of nitrogens with zero attached hydrogens (tertiary/aromatic N) is 6. The molecule has 0 aliphatic carbocycles. The first kappa shape index (κ1) is 27.2. The lowest BCUT2D eigenvalue weighted by Gasteiger charge is -2.05. The van der Waals surface area contributed by atoms with Gasteiger partial charge in [-0.05, 0) is 40.2 Å². The number of methoxy groups -OCH3 is 1. The van der Waals surface area contributed by atoms with E-state index in [0.717, 1.165) is 46.0 Å². The quantitative estimate of drug-likeness (QED) is 0.130. The maximum atomic E-state index is 11.8. The molecule has 0 fully saturated rings. The fraction of sp³-hybridized carbons (Fsp3) is 0.0500. The lowest BCUT2D eigenvalue weighted by molar-refractivity contribution is -0.734. The topological polar surface area (TPSA) is 239 Å². The van der Waals surface area contributed by atoms with Gasteiger partial charge in [0.25, 0.3) is 31.6 Å². The summed E-state index contributed by atoms with van der Waals surface area (Å²) in [6.45, 7) is 0. The lowest BCUT2D eigenvalue weighted by atomic mass is 10.2. The van der Waals surface area contributed by atoms with Crippen LogP contribution in [-0.4, -0.2) is 57.9 Å². The number of ether oxygens (including phenoxy) is 1. The molecule has 39 heavy (non-hydrogen) atoms. The first-order valence-corrected chi connectivity index (χ1v) is 13.1. The van der Waals surface area contributed by atoms with Crippen molar-refractivity contribution in [3.63, 3.8) is 0 Å². The van der Waals surface area contributed by atoms with E-state index in [2.05, 4.69) is 10.2 Å². The van der Waals surface area contributed by atoms with E-state index in [1.165, 1.54) is 25.3 Å². The number of rotatable bonds is 8. The Hall–Kier alpha value is -4.85. The Kier molecular flexibility index (Phi) is 6.83. The Labute approximate surface area is 218 Å². The summed E-state index contributed by atoms with van der Waals surface area (Å²) in [5, 5.41) is 30.8. The van der Waals surface area contributed by atoms with Crippen LogP contribution in [0.3, 0.4) is 0 Å². The van der Waals surface area contributed by atoms with Gasteiger partial charge in [-0.15, -0.1) is 0 Å². The van der Waals surface area contributed by atoms with Crippen LogP contribution < -0.4 is 9.53 Å². The van der Waals surface area contributed by atoms with E-state index < -0.39 is 39.9 Å². The summed E-state index contributed by atoms with van der Waals surface area (Å²) < 4.78 is 71.3. The van der Waals surface area contributed by atoms with Crippen molar-refractivity contribution in [3.8, 4) is 28.5 Å². The standard InChI is InChI=1S/C20H14N6O11S2/c1-37-19-10-15(26(29)30)6-7-18(19)24-22-20(21-23(24)13-2-4-14(5-3-13)25(27)28)12-8-16(38(31,32)33)11-17(9-12)39(34,35)36/h2-11H,1H3,(H-,31,32,33,34,35,36)/p+1. The predicted molar refractivity (Wildman–Crippen MR) is 128 cm³/mol. The Morgan fingerprint density at radius 2 is 1.38 bits per heavy atom. The Morgan fingerprint density at radius 1 is 0.846 bits per heavy atom. The zero-order chi connectivity index (χ0) is 28.7. The van der Waals surface area contributed by atoms with Crippen molar-refractivity contribution in [2.45, 2.75) is 9.79 Å². The van der Waals surface area contributed by atoms with E-state index in [0.29, 0.717) is 6.07 Å². The van der Waals surface area contributed by atoms with Gasteiger partial charge >= 0.3 is 5.82 Å². The summed E-state index contributed by atoms with van der Waals surface area (Å²) in [6.07, 6.45) is 0. The minimum atomic E-state index is -4.95. The van der Waals surface area contributed by atoms with E-state index in [4.69, 9.17) is 4.74 Å². The highest BCUT2D eigenvalue weighted by Gasteiger charge is 2.29. The molecule has 0 spiro atoms. The molecule has 0 unspecified atom stereocenters. The predicted octanol–water partition coefficient (Wildman–Crippen LogP) is 1.53. The van der Waals surface area contributed by atoms with Crippen LogP contribution in [0.2, 0.25) is 0 Å². The molecule has 4 rings (SSSR count). The van der Waals surface area contributed by atoms with Gasteiger partial charge in [0.05, 0.1) is 43.5 Å². The third kappa shape index (κ3) is 5.55. The van der Waals surface area contributed by atoms with Gasteiger partial charge in [-0.3, -0.25) is 29.3 Å². The molecule has 0 aliphatic rings. The molecule has 2 N–H and O–H groups in total. The average molecular weight is 580 g/mol. The average Bonchev–Trinajstić information content (AvgIpc) is 3.32. The van der Waals surface area contributed by atoms with Crippen molar-refractivity contribution in [2.24, 2.45) is 0 Å². The number of benzene rings is 3. The molecule has 3 aromatic carbocycles. The van der Waals surface area contributed by atoms with E-state index in [1.54, 1.807) is 0 Å². The van der Waals surface area contributed by atoms with Gasteiger partial charge in [-0.25, -0.2) is 0 Å². The summed E-state index contributed by atoms with van der Waals surface area (Å²) in [4.78, 5) is 21.3. The molecule has 0 saturated heterocycles. The van der Waals surface area contributed by atoms with Gasteiger partial charge in [0.2, 0.25) is 5.69 Å². The highest BCUT2D eigenvalue weighted by atomic mass is 32.2.